The highest BCUT2D eigenvalue weighted by molar-refractivity contribution is 7.92. The minimum Gasteiger partial charge on any atom is -0.497 e. The number of ether oxygens (including phenoxy) is 1. The molecular weight excluding hydrogens is 352 g/mol. The third kappa shape index (κ3) is 5.49. The SMILES string of the molecule is COc1cccc(NS(=O)(=O)c2cccc(C(=O)NCCC(C)C)c2)c1. The minimum absolute atomic E-state index is 0.0248. The van der Waals surface area contributed by atoms with Gasteiger partial charge in [-0.15, -0.1) is 0 Å². The summed E-state index contributed by atoms with van der Waals surface area (Å²) in [5.41, 5.74) is 0.693. The fraction of sp³-hybridized carbons (Fsp3) is 0.316. The molecule has 0 aromatic heterocycles. The Labute approximate surface area is 154 Å². The lowest BCUT2D eigenvalue weighted by Crippen LogP contribution is -2.25. The number of methoxy groups -OCH3 is 1. The van der Waals surface area contributed by atoms with E-state index >= 15 is 0 Å². The average molecular weight is 376 g/mol. The topological polar surface area (TPSA) is 84.5 Å². The highest BCUT2D eigenvalue weighted by atomic mass is 32.2. The zero-order valence-corrected chi connectivity index (χ0v) is 16.0. The number of anilines is 1. The van der Waals surface area contributed by atoms with Crippen LogP contribution in [0.4, 0.5) is 5.69 Å². The summed E-state index contributed by atoms with van der Waals surface area (Å²) in [5.74, 6) is 0.738. The van der Waals surface area contributed by atoms with Gasteiger partial charge in [-0.2, -0.15) is 0 Å². The van der Waals surface area contributed by atoms with Crippen LogP contribution in [0, 0.1) is 5.92 Å². The first kappa shape index (κ1) is 19.8. The fourth-order valence-corrected chi connectivity index (χ4v) is 3.38. The first-order chi connectivity index (χ1) is 12.3. The van der Waals surface area contributed by atoms with Crippen molar-refractivity contribution in [3.63, 3.8) is 0 Å². The van der Waals surface area contributed by atoms with Crippen LogP contribution < -0.4 is 14.8 Å². The molecule has 0 saturated heterocycles. The van der Waals surface area contributed by atoms with E-state index in [4.69, 9.17) is 4.74 Å². The van der Waals surface area contributed by atoms with Crippen molar-refractivity contribution in [3.05, 3.63) is 54.1 Å². The summed E-state index contributed by atoms with van der Waals surface area (Å²) < 4.78 is 32.8. The maximum Gasteiger partial charge on any atom is 0.261 e. The van der Waals surface area contributed by atoms with Crippen molar-refractivity contribution >= 4 is 21.6 Å². The standard InChI is InChI=1S/C19H24N2O4S/c1-14(2)10-11-20-19(22)15-6-4-9-18(12-15)26(23,24)21-16-7-5-8-17(13-16)25-3/h4-9,12-14,21H,10-11H2,1-3H3,(H,20,22). The Morgan fingerprint density at radius 3 is 2.54 bits per heavy atom. The molecular formula is C19H24N2O4S. The molecule has 2 rings (SSSR count). The molecule has 0 atom stereocenters. The summed E-state index contributed by atoms with van der Waals surface area (Å²) in [5, 5.41) is 2.80. The first-order valence-corrected chi connectivity index (χ1v) is 9.85. The Morgan fingerprint density at radius 1 is 1.12 bits per heavy atom. The summed E-state index contributed by atoms with van der Waals surface area (Å²) in [4.78, 5) is 12.2. The number of carbonyl (C=O) groups excluding carboxylic acids is 1. The minimum atomic E-state index is -3.81. The van der Waals surface area contributed by atoms with Crippen LogP contribution in [0.15, 0.2) is 53.4 Å². The van der Waals surface area contributed by atoms with Crippen molar-refractivity contribution in [2.45, 2.75) is 25.2 Å². The van der Waals surface area contributed by atoms with E-state index in [1.165, 1.54) is 19.2 Å². The van der Waals surface area contributed by atoms with Crippen LogP contribution in [0.3, 0.4) is 0 Å². The molecule has 7 heteroatoms. The van der Waals surface area contributed by atoms with E-state index in [2.05, 4.69) is 23.9 Å². The maximum atomic E-state index is 12.6. The number of hydrogen-bond donors (Lipinski definition) is 2. The van der Waals surface area contributed by atoms with Gasteiger partial charge in [0.05, 0.1) is 17.7 Å². The molecule has 2 aromatic rings. The molecule has 2 N–H and O–H groups in total. The van der Waals surface area contributed by atoms with Gasteiger partial charge in [0, 0.05) is 18.2 Å². The quantitative estimate of drug-likeness (QED) is 0.740. The van der Waals surface area contributed by atoms with Crippen molar-refractivity contribution in [2.24, 2.45) is 5.92 Å². The number of sulfonamides is 1. The first-order valence-electron chi connectivity index (χ1n) is 8.37. The van der Waals surface area contributed by atoms with Gasteiger partial charge in [-0.25, -0.2) is 8.42 Å². The van der Waals surface area contributed by atoms with Crippen LogP contribution in [0.5, 0.6) is 5.75 Å². The van der Waals surface area contributed by atoms with Crippen LogP contribution in [0.2, 0.25) is 0 Å². The molecule has 26 heavy (non-hydrogen) atoms. The molecule has 0 bridgehead atoms. The predicted molar refractivity (Wildman–Crippen MR) is 102 cm³/mol. The van der Waals surface area contributed by atoms with Crippen LogP contribution in [0.25, 0.3) is 0 Å². The number of nitrogens with one attached hydrogen (secondary N) is 2. The second kappa shape index (κ2) is 8.71. The lowest BCUT2D eigenvalue weighted by Gasteiger charge is -2.11. The molecule has 1 amide bonds. The molecule has 2 aromatic carbocycles. The van der Waals surface area contributed by atoms with Gasteiger partial charge >= 0.3 is 0 Å². The van der Waals surface area contributed by atoms with Gasteiger partial charge in [0.15, 0.2) is 0 Å². The van der Waals surface area contributed by atoms with E-state index < -0.39 is 10.0 Å². The molecule has 0 spiro atoms. The van der Waals surface area contributed by atoms with Gasteiger partial charge in [0.25, 0.3) is 15.9 Å². The van der Waals surface area contributed by atoms with Gasteiger partial charge in [0.1, 0.15) is 5.75 Å². The Balaban J connectivity index is 2.15. The summed E-state index contributed by atoms with van der Waals surface area (Å²) in [6.45, 7) is 4.70. The molecule has 0 fully saturated rings. The third-order valence-corrected chi connectivity index (χ3v) is 5.11. The Morgan fingerprint density at radius 2 is 1.85 bits per heavy atom. The van der Waals surface area contributed by atoms with E-state index in [1.807, 2.05) is 0 Å². The van der Waals surface area contributed by atoms with Crippen molar-refractivity contribution < 1.29 is 17.9 Å². The summed E-state index contributed by atoms with van der Waals surface area (Å²) in [7, 11) is -2.30. The van der Waals surface area contributed by atoms with E-state index in [1.54, 1.807) is 36.4 Å². The molecule has 0 radical (unpaired) electrons. The van der Waals surface area contributed by atoms with Gasteiger partial charge in [-0.3, -0.25) is 9.52 Å². The lowest BCUT2D eigenvalue weighted by molar-refractivity contribution is 0.0952. The number of amides is 1. The monoisotopic (exact) mass is 376 g/mol. The van der Waals surface area contributed by atoms with Gasteiger partial charge in [-0.1, -0.05) is 26.0 Å². The molecule has 0 aliphatic heterocycles. The summed E-state index contributed by atoms with van der Waals surface area (Å²) in [6.07, 6.45) is 0.862. The predicted octanol–water partition coefficient (Wildman–Crippen LogP) is 3.27. The van der Waals surface area contributed by atoms with E-state index in [0.717, 1.165) is 6.42 Å². The smallest absolute Gasteiger partial charge is 0.261 e. The van der Waals surface area contributed by atoms with E-state index in [-0.39, 0.29) is 10.8 Å². The number of carbonyl (C=O) groups is 1. The van der Waals surface area contributed by atoms with Crippen LogP contribution in [-0.2, 0) is 10.0 Å². The number of hydrogen-bond acceptors (Lipinski definition) is 4. The van der Waals surface area contributed by atoms with Crippen LogP contribution in [-0.4, -0.2) is 28.0 Å². The van der Waals surface area contributed by atoms with E-state index in [0.29, 0.717) is 29.5 Å². The van der Waals surface area contributed by atoms with Crippen molar-refractivity contribution in [3.8, 4) is 5.75 Å². The molecule has 6 nitrogen and oxygen atoms in total. The zero-order chi connectivity index (χ0) is 19.2. The molecule has 0 aliphatic carbocycles. The molecule has 140 valence electrons. The molecule has 0 saturated carbocycles. The molecule has 0 heterocycles. The highest BCUT2D eigenvalue weighted by Crippen LogP contribution is 2.21. The summed E-state index contributed by atoms with van der Waals surface area (Å²) >= 11 is 0. The van der Waals surface area contributed by atoms with Crippen molar-refractivity contribution in [2.75, 3.05) is 18.4 Å². The Hall–Kier alpha value is -2.54. The number of rotatable bonds is 8. The number of benzene rings is 2. The van der Waals surface area contributed by atoms with Gasteiger partial charge in [0.2, 0.25) is 0 Å². The molecule has 0 aliphatic rings. The van der Waals surface area contributed by atoms with Crippen LogP contribution >= 0.6 is 0 Å². The second-order valence-corrected chi connectivity index (χ2v) is 7.99. The fourth-order valence-electron chi connectivity index (χ4n) is 2.28. The highest BCUT2D eigenvalue weighted by Gasteiger charge is 2.17. The van der Waals surface area contributed by atoms with Gasteiger partial charge in [-0.05, 0) is 42.7 Å². The lowest BCUT2D eigenvalue weighted by atomic mass is 10.1. The van der Waals surface area contributed by atoms with Crippen LogP contribution in [0.1, 0.15) is 30.6 Å². The summed E-state index contributed by atoms with van der Waals surface area (Å²) in [6, 6.07) is 12.6. The van der Waals surface area contributed by atoms with Crippen molar-refractivity contribution in [1.82, 2.24) is 5.32 Å². The zero-order valence-electron chi connectivity index (χ0n) is 15.2. The van der Waals surface area contributed by atoms with Crippen molar-refractivity contribution in [1.29, 1.82) is 0 Å². The normalized spacial score (nSPS) is 11.2. The second-order valence-electron chi connectivity index (χ2n) is 6.30. The third-order valence-electron chi connectivity index (χ3n) is 3.74. The largest absolute Gasteiger partial charge is 0.497 e. The Kier molecular flexibility index (Phi) is 6.63. The Bertz CT molecular complexity index is 863. The van der Waals surface area contributed by atoms with E-state index in [9.17, 15) is 13.2 Å². The average Bonchev–Trinajstić information content (AvgIpc) is 2.61. The molecule has 0 unspecified atom stereocenters. The maximum absolute atomic E-state index is 12.6. The van der Waals surface area contributed by atoms with Gasteiger partial charge < -0.3 is 10.1 Å².